The summed E-state index contributed by atoms with van der Waals surface area (Å²) in [6, 6.07) is 2.08. The molecular weight excluding hydrogens is 162 g/mol. The zero-order valence-corrected chi connectivity index (χ0v) is 8.70. The van der Waals surface area contributed by atoms with Gasteiger partial charge in [-0.2, -0.15) is 5.10 Å². The van der Waals surface area contributed by atoms with Gasteiger partial charge in [-0.05, 0) is 18.4 Å². The van der Waals surface area contributed by atoms with E-state index < -0.39 is 0 Å². The molecule has 0 saturated carbocycles. The quantitative estimate of drug-likeness (QED) is 0.770. The lowest BCUT2D eigenvalue weighted by atomic mass is 9.95. The van der Waals surface area contributed by atoms with Gasteiger partial charge in [0.2, 0.25) is 0 Å². The van der Waals surface area contributed by atoms with Crippen LogP contribution in [0.2, 0.25) is 0 Å². The lowest BCUT2D eigenvalue weighted by Crippen LogP contribution is -2.19. The summed E-state index contributed by atoms with van der Waals surface area (Å²) in [5.41, 5.74) is 7.07. The second kappa shape index (κ2) is 4.42. The summed E-state index contributed by atoms with van der Waals surface area (Å²) in [7, 11) is 1.92. The van der Waals surface area contributed by atoms with Gasteiger partial charge in [0.25, 0.3) is 0 Å². The molecule has 1 heterocycles. The highest BCUT2D eigenvalue weighted by Gasteiger charge is 2.15. The molecule has 13 heavy (non-hydrogen) atoms. The first-order valence-electron chi connectivity index (χ1n) is 4.90. The Kier molecular flexibility index (Phi) is 3.48. The smallest absolute Gasteiger partial charge is 0.0794 e. The minimum Gasteiger partial charge on any atom is -0.322 e. The summed E-state index contributed by atoms with van der Waals surface area (Å²) < 4.78 is 1.80. The number of nitrogens with zero attached hydrogens (tertiary/aromatic N) is 2. The molecule has 3 heteroatoms. The number of aryl methyl sites for hydroxylation is 1. The van der Waals surface area contributed by atoms with Crippen molar-refractivity contribution in [2.24, 2.45) is 18.7 Å². The molecule has 3 nitrogen and oxygen atoms in total. The van der Waals surface area contributed by atoms with Crippen molar-refractivity contribution in [3.63, 3.8) is 0 Å². The molecule has 0 aliphatic heterocycles. The second-order valence-electron chi connectivity index (χ2n) is 3.71. The van der Waals surface area contributed by atoms with E-state index in [1.165, 1.54) is 6.42 Å². The molecule has 0 fully saturated rings. The SMILES string of the molecule is CCCC(C)C(N)c1ccn(C)n1. The Balaban J connectivity index is 2.61. The summed E-state index contributed by atoms with van der Waals surface area (Å²) in [5.74, 6) is 0.514. The molecule has 0 radical (unpaired) electrons. The van der Waals surface area contributed by atoms with E-state index in [0.29, 0.717) is 5.92 Å². The summed E-state index contributed by atoms with van der Waals surface area (Å²) in [5, 5.41) is 4.31. The molecule has 0 amide bonds. The average molecular weight is 181 g/mol. The second-order valence-corrected chi connectivity index (χ2v) is 3.71. The summed E-state index contributed by atoms with van der Waals surface area (Å²) in [4.78, 5) is 0. The molecule has 1 aromatic rings. The highest BCUT2D eigenvalue weighted by Crippen LogP contribution is 2.21. The minimum atomic E-state index is 0.0844. The molecule has 1 rings (SSSR count). The molecule has 2 N–H and O–H groups in total. The zero-order valence-electron chi connectivity index (χ0n) is 8.70. The molecule has 0 aromatic carbocycles. The van der Waals surface area contributed by atoms with Crippen molar-refractivity contribution in [3.8, 4) is 0 Å². The van der Waals surface area contributed by atoms with Gasteiger partial charge >= 0.3 is 0 Å². The van der Waals surface area contributed by atoms with Crippen molar-refractivity contribution >= 4 is 0 Å². The van der Waals surface area contributed by atoms with Crippen molar-refractivity contribution in [1.82, 2.24) is 9.78 Å². The van der Waals surface area contributed by atoms with Gasteiger partial charge in [-0.15, -0.1) is 0 Å². The molecule has 1 aromatic heterocycles. The van der Waals surface area contributed by atoms with E-state index >= 15 is 0 Å². The highest BCUT2D eigenvalue weighted by atomic mass is 15.3. The van der Waals surface area contributed by atoms with Gasteiger partial charge in [-0.3, -0.25) is 4.68 Å². The maximum absolute atomic E-state index is 6.06. The lowest BCUT2D eigenvalue weighted by molar-refractivity contribution is 0.423. The Morgan fingerprint density at radius 1 is 1.62 bits per heavy atom. The fraction of sp³-hybridized carbons (Fsp3) is 0.700. The number of nitrogens with two attached hydrogens (primary N) is 1. The van der Waals surface area contributed by atoms with Crippen LogP contribution in [0.1, 0.15) is 38.4 Å². The van der Waals surface area contributed by atoms with Gasteiger partial charge in [-0.25, -0.2) is 0 Å². The predicted octanol–water partition coefficient (Wildman–Crippen LogP) is 1.86. The average Bonchev–Trinajstić information content (AvgIpc) is 2.51. The van der Waals surface area contributed by atoms with Gasteiger partial charge in [0.1, 0.15) is 0 Å². The summed E-state index contributed by atoms with van der Waals surface area (Å²) in [6.07, 6.45) is 4.29. The first-order chi connectivity index (χ1) is 6.15. The van der Waals surface area contributed by atoms with Crippen molar-refractivity contribution < 1.29 is 0 Å². The molecule has 0 spiro atoms. The third-order valence-corrected chi connectivity index (χ3v) is 2.43. The number of hydrogen-bond acceptors (Lipinski definition) is 2. The molecule has 0 saturated heterocycles. The lowest BCUT2D eigenvalue weighted by Gasteiger charge is -2.16. The van der Waals surface area contributed by atoms with E-state index in [0.717, 1.165) is 12.1 Å². The third kappa shape index (κ3) is 2.56. The fourth-order valence-electron chi connectivity index (χ4n) is 1.54. The first kappa shape index (κ1) is 10.3. The van der Waals surface area contributed by atoms with E-state index in [9.17, 15) is 0 Å². The largest absolute Gasteiger partial charge is 0.322 e. The first-order valence-corrected chi connectivity index (χ1v) is 4.90. The van der Waals surface area contributed by atoms with Crippen LogP contribution in [0.5, 0.6) is 0 Å². The monoisotopic (exact) mass is 181 g/mol. The van der Waals surface area contributed by atoms with E-state index in [4.69, 9.17) is 5.73 Å². The van der Waals surface area contributed by atoms with E-state index in [1.54, 1.807) is 4.68 Å². The maximum Gasteiger partial charge on any atom is 0.0794 e. The number of rotatable bonds is 4. The molecule has 2 unspecified atom stereocenters. The summed E-state index contributed by atoms with van der Waals surface area (Å²) in [6.45, 7) is 4.37. The number of hydrogen-bond donors (Lipinski definition) is 1. The minimum absolute atomic E-state index is 0.0844. The standard InChI is InChI=1S/C10H19N3/c1-4-5-8(2)10(11)9-6-7-13(3)12-9/h6-8,10H,4-5,11H2,1-3H3. The Morgan fingerprint density at radius 3 is 2.77 bits per heavy atom. The number of aromatic nitrogens is 2. The topological polar surface area (TPSA) is 43.8 Å². The normalized spacial score (nSPS) is 15.7. The van der Waals surface area contributed by atoms with Crippen molar-refractivity contribution in [1.29, 1.82) is 0 Å². The van der Waals surface area contributed by atoms with Gasteiger partial charge < -0.3 is 5.73 Å². The molecule has 2 atom stereocenters. The van der Waals surface area contributed by atoms with Crippen molar-refractivity contribution in [2.45, 2.75) is 32.7 Å². The van der Waals surface area contributed by atoms with Crippen LogP contribution in [0.4, 0.5) is 0 Å². The zero-order chi connectivity index (χ0) is 9.84. The van der Waals surface area contributed by atoms with E-state index in [1.807, 2.05) is 19.3 Å². The van der Waals surface area contributed by atoms with Crippen molar-refractivity contribution in [2.75, 3.05) is 0 Å². The molecule has 0 bridgehead atoms. The van der Waals surface area contributed by atoms with Crippen LogP contribution in [-0.2, 0) is 7.05 Å². The Hall–Kier alpha value is -0.830. The van der Waals surface area contributed by atoms with Gasteiger partial charge in [0.05, 0.1) is 11.7 Å². The van der Waals surface area contributed by atoms with Gasteiger partial charge in [0, 0.05) is 13.2 Å². The van der Waals surface area contributed by atoms with Crippen LogP contribution in [0.25, 0.3) is 0 Å². The van der Waals surface area contributed by atoms with Crippen LogP contribution in [0.15, 0.2) is 12.3 Å². The molecule has 0 aliphatic rings. The fourth-order valence-corrected chi connectivity index (χ4v) is 1.54. The van der Waals surface area contributed by atoms with Crippen LogP contribution in [-0.4, -0.2) is 9.78 Å². The molecule has 74 valence electrons. The van der Waals surface area contributed by atoms with Crippen LogP contribution < -0.4 is 5.73 Å². The van der Waals surface area contributed by atoms with Crippen molar-refractivity contribution in [3.05, 3.63) is 18.0 Å². The Morgan fingerprint density at radius 2 is 2.31 bits per heavy atom. The van der Waals surface area contributed by atoms with Crippen LogP contribution in [0, 0.1) is 5.92 Å². The van der Waals surface area contributed by atoms with E-state index in [-0.39, 0.29) is 6.04 Å². The molecule has 0 aliphatic carbocycles. The van der Waals surface area contributed by atoms with Gasteiger partial charge in [-0.1, -0.05) is 20.3 Å². The Bertz CT molecular complexity index is 254. The third-order valence-electron chi connectivity index (χ3n) is 2.43. The predicted molar refractivity (Wildman–Crippen MR) is 54.2 cm³/mol. The maximum atomic E-state index is 6.06. The summed E-state index contributed by atoms with van der Waals surface area (Å²) >= 11 is 0. The van der Waals surface area contributed by atoms with Crippen LogP contribution in [0.3, 0.4) is 0 Å². The van der Waals surface area contributed by atoms with Crippen LogP contribution >= 0.6 is 0 Å². The van der Waals surface area contributed by atoms with E-state index in [2.05, 4.69) is 18.9 Å². The van der Waals surface area contributed by atoms with Gasteiger partial charge in [0.15, 0.2) is 0 Å². The molecular formula is C10H19N3. The highest BCUT2D eigenvalue weighted by molar-refractivity contribution is 5.05. The Labute approximate surface area is 79.9 Å².